The maximum Gasteiger partial charge on any atom is 0.411 e. The van der Waals surface area contributed by atoms with Gasteiger partial charge in [0.15, 0.2) is 0 Å². The van der Waals surface area contributed by atoms with Gasteiger partial charge in [0.05, 0.1) is 12.6 Å². The summed E-state index contributed by atoms with van der Waals surface area (Å²) in [6.45, 7) is 1.35. The molecule has 0 radical (unpaired) electrons. The van der Waals surface area contributed by atoms with E-state index in [2.05, 4.69) is 15.0 Å². The Balaban J connectivity index is 2.54. The van der Waals surface area contributed by atoms with Gasteiger partial charge >= 0.3 is 6.18 Å². The van der Waals surface area contributed by atoms with Crippen LogP contribution in [0.3, 0.4) is 0 Å². The van der Waals surface area contributed by atoms with E-state index < -0.39 is 12.8 Å². The number of aryl methyl sites for hydroxylation is 1. The zero-order valence-electron chi connectivity index (χ0n) is 9.79. The Labute approximate surface area is 97.8 Å². The Bertz CT molecular complexity index is 338. The number of nitrogens with one attached hydrogen (secondary N) is 1. The van der Waals surface area contributed by atoms with Crippen LogP contribution in [0.2, 0.25) is 0 Å². The molecule has 1 unspecified atom stereocenters. The first-order valence-corrected chi connectivity index (χ1v) is 5.30. The minimum Gasteiger partial charge on any atom is -0.370 e. The van der Waals surface area contributed by atoms with Crippen LogP contribution in [-0.2, 0) is 11.3 Å². The third-order valence-corrected chi connectivity index (χ3v) is 2.30. The van der Waals surface area contributed by atoms with Crippen molar-refractivity contribution in [2.24, 2.45) is 0 Å². The highest BCUT2D eigenvalue weighted by Gasteiger charge is 2.28. The Morgan fingerprint density at radius 3 is 2.76 bits per heavy atom. The van der Waals surface area contributed by atoms with Crippen LogP contribution in [0.5, 0.6) is 0 Å². The lowest BCUT2D eigenvalue weighted by Gasteiger charge is -2.17. The number of rotatable bonds is 6. The summed E-state index contributed by atoms with van der Waals surface area (Å²) in [5, 5.41) is 2.89. The number of ether oxygens (including phenoxy) is 1. The molecule has 0 amide bonds. The Morgan fingerprint density at radius 2 is 2.24 bits per heavy atom. The Hall–Kier alpha value is -1.08. The van der Waals surface area contributed by atoms with Crippen LogP contribution < -0.4 is 5.32 Å². The van der Waals surface area contributed by atoms with Gasteiger partial charge in [-0.15, -0.1) is 0 Å². The summed E-state index contributed by atoms with van der Waals surface area (Å²) in [7, 11) is 1.66. The Kier molecular flexibility index (Phi) is 4.95. The van der Waals surface area contributed by atoms with Gasteiger partial charge in [-0.25, -0.2) is 4.98 Å². The smallest absolute Gasteiger partial charge is 0.370 e. The van der Waals surface area contributed by atoms with Crippen molar-refractivity contribution in [1.82, 2.24) is 14.9 Å². The third-order valence-electron chi connectivity index (χ3n) is 2.30. The van der Waals surface area contributed by atoms with E-state index in [0.717, 1.165) is 0 Å². The molecule has 4 nitrogen and oxygen atoms in total. The molecule has 0 aliphatic heterocycles. The number of halogens is 3. The van der Waals surface area contributed by atoms with Crippen LogP contribution in [0.25, 0.3) is 0 Å². The molecule has 1 atom stereocenters. The molecule has 0 bridgehead atoms. The van der Waals surface area contributed by atoms with E-state index in [4.69, 9.17) is 0 Å². The molecule has 1 aromatic heterocycles. The highest BCUT2D eigenvalue weighted by atomic mass is 19.4. The molecular formula is C10H16F3N3O. The van der Waals surface area contributed by atoms with Crippen molar-refractivity contribution in [1.29, 1.82) is 0 Å². The molecule has 0 saturated carbocycles. The van der Waals surface area contributed by atoms with Gasteiger partial charge in [0.1, 0.15) is 12.4 Å². The molecular weight excluding hydrogens is 235 g/mol. The molecule has 0 aromatic carbocycles. The van der Waals surface area contributed by atoms with Gasteiger partial charge in [-0.1, -0.05) is 0 Å². The van der Waals surface area contributed by atoms with Crippen LogP contribution in [-0.4, -0.2) is 36.0 Å². The molecule has 1 aromatic rings. The number of alkyl halides is 3. The summed E-state index contributed by atoms with van der Waals surface area (Å²) in [6, 6.07) is -0.340. The predicted molar refractivity (Wildman–Crippen MR) is 56.6 cm³/mol. The molecule has 0 fully saturated rings. The van der Waals surface area contributed by atoms with E-state index >= 15 is 0 Å². The normalized spacial score (nSPS) is 13.9. The number of likely N-dealkylation sites (N-methyl/N-ethyl adjacent to an activating group) is 1. The first-order chi connectivity index (χ1) is 7.98. The molecule has 7 heteroatoms. The molecule has 1 rings (SSSR count). The van der Waals surface area contributed by atoms with E-state index in [1.807, 2.05) is 11.5 Å². The molecule has 0 aliphatic carbocycles. The van der Waals surface area contributed by atoms with E-state index in [1.165, 1.54) is 0 Å². The van der Waals surface area contributed by atoms with Crippen molar-refractivity contribution in [3.63, 3.8) is 0 Å². The monoisotopic (exact) mass is 251 g/mol. The fraction of sp³-hybridized carbons (Fsp3) is 0.700. The van der Waals surface area contributed by atoms with Gasteiger partial charge in [-0.3, -0.25) is 0 Å². The summed E-state index contributed by atoms with van der Waals surface area (Å²) in [5.41, 5.74) is 0. The van der Waals surface area contributed by atoms with E-state index in [1.54, 1.807) is 19.4 Å². The SMILES string of the molecule is CCn1ccnc1C(COCC(F)(F)F)NC. The minimum absolute atomic E-state index is 0.0625. The van der Waals surface area contributed by atoms with Crippen molar-refractivity contribution in [3.8, 4) is 0 Å². The number of hydrogen-bond acceptors (Lipinski definition) is 3. The Morgan fingerprint density at radius 1 is 1.53 bits per heavy atom. The summed E-state index contributed by atoms with van der Waals surface area (Å²) in [4.78, 5) is 4.11. The maximum atomic E-state index is 11.9. The van der Waals surface area contributed by atoms with E-state index in [0.29, 0.717) is 12.4 Å². The second-order valence-corrected chi connectivity index (χ2v) is 3.54. The van der Waals surface area contributed by atoms with E-state index in [9.17, 15) is 13.2 Å². The molecule has 0 saturated heterocycles. The largest absolute Gasteiger partial charge is 0.411 e. The van der Waals surface area contributed by atoms with Gasteiger partial charge in [0.2, 0.25) is 0 Å². The van der Waals surface area contributed by atoms with Crippen LogP contribution in [0, 0.1) is 0 Å². The number of aromatic nitrogens is 2. The topological polar surface area (TPSA) is 39.1 Å². The molecule has 1 heterocycles. The zero-order chi connectivity index (χ0) is 12.9. The standard InChI is InChI=1S/C10H16F3N3O/c1-3-16-5-4-15-9(16)8(14-2)6-17-7-10(11,12)13/h4-5,8,14H,3,6-7H2,1-2H3. The molecule has 98 valence electrons. The molecule has 17 heavy (non-hydrogen) atoms. The van der Waals surface area contributed by atoms with Crippen molar-refractivity contribution < 1.29 is 17.9 Å². The average Bonchev–Trinajstić information content (AvgIpc) is 2.70. The van der Waals surface area contributed by atoms with Gasteiger partial charge in [-0.05, 0) is 14.0 Å². The van der Waals surface area contributed by atoms with Crippen molar-refractivity contribution >= 4 is 0 Å². The van der Waals surface area contributed by atoms with Crippen LogP contribution >= 0.6 is 0 Å². The molecule has 1 N–H and O–H groups in total. The first-order valence-electron chi connectivity index (χ1n) is 5.30. The summed E-state index contributed by atoms with van der Waals surface area (Å²) in [6.07, 6.45) is -0.894. The predicted octanol–water partition coefficient (Wildman–Crippen LogP) is 1.74. The van der Waals surface area contributed by atoms with Crippen LogP contribution in [0.15, 0.2) is 12.4 Å². The zero-order valence-corrected chi connectivity index (χ0v) is 9.79. The highest BCUT2D eigenvalue weighted by molar-refractivity contribution is 4.99. The first kappa shape index (κ1) is 14.0. The fourth-order valence-electron chi connectivity index (χ4n) is 1.48. The summed E-state index contributed by atoms with van der Waals surface area (Å²) in [5.74, 6) is 0.678. The lowest BCUT2D eigenvalue weighted by molar-refractivity contribution is -0.175. The lowest BCUT2D eigenvalue weighted by Crippen LogP contribution is -2.27. The number of imidazole rings is 1. The quantitative estimate of drug-likeness (QED) is 0.837. The van der Waals surface area contributed by atoms with Crippen molar-refractivity contribution in [3.05, 3.63) is 18.2 Å². The fourth-order valence-corrected chi connectivity index (χ4v) is 1.48. The molecule has 0 spiro atoms. The van der Waals surface area contributed by atoms with Crippen molar-refractivity contribution in [2.45, 2.75) is 25.7 Å². The second kappa shape index (κ2) is 6.02. The maximum absolute atomic E-state index is 11.9. The summed E-state index contributed by atoms with van der Waals surface area (Å²) >= 11 is 0. The van der Waals surface area contributed by atoms with Gasteiger partial charge in [-0.2, -0.15) is 13.2 Å². The number of hydrogen-bond donors (Lipinski definition) is 1. The van der Waals surface area contributed by atoms with Crippen LogP contribution in [0.1, 0.15) is 18.8 Å². The van der Waals surface area contributed by atoms with Gasteiger partial charge < -0.3 is 14.6 Å². The van der Waals surface area contributed by atoms with Crippen molar-refractivity contribution in [2.75, 3.05) is 20.3 Å². The average molecular weight is 251 g/mol. The van der Waals surface area contributed by atoms with E-state index in [-0.39, 0.29) is 12.6 Å². The minimum atomic E-state index is -4.29. The van der Waals surface area contributed by atoms with Gasteiger partial charge in [0.25, 0.3) is 0 Å². The molecule has 0 aliphatic rings. The van der Waals surface area contributed by atoms with Crippen LogP contribution in [0.4, 0.5) is 13.2 Å². The summed E-state index contributed by atoms with van der Waals surface area (Å²) < 4.78 is 42.3. The number of nitrogens with zero attached hydrogens (tertiary/aromatic N) is 2. The highest BCUT2D eigenvalue weighted by Crippen LogP contribution is 2.17. The lowest BCUT2D eigenvalue weighted by atomic mass is 10.3. The third kappa shape index (κ3) is 4.35. The second-order valence-electron chi connectivity index (χ2n) is 3.54. The van der Waals surface area contributed by atoms with Gasteiger partial charge in [0, 0.05) is 18.9 Å².